The minimum Gasteiger partial charge on any atom is -0.478 e. The van der Waals surface area contributed by atoms with Gasteiger partial charge in [0, 0.05) is 4.47 Å². The second kappa shape index (κ2) is 8.33. The molecule has 0 spiro atoms. The molecule has 0 aromatic heterocycles. The first-order chi connectivity index (χ1) is 12.0. The molecular weight excluding hydrogens is 524 g/mol. The maximum absolute atomic E-state index is 13.5. The molecule has 0 fully saturated rings. The lowest BCUT2D eigenvalue weighted by Crippen LogP contribution is -2.19. The van der Waals surface area contributed by atoms with E-state index in [1.165, 1.54) is 36.4 Å². The molecular formula is C17H9Br2Cl2F3O2. The molecule has 0 aliphatic heterocycles. The van der Waals surface area contributed by atoms with Gasteiger partial charge in [0.1, 0.15) is 0 Å². The summed E-state index contributed by atoms with van der Waals surface area (Å²) < 4.78 is 41.0. The smallest absolute Gasteiger partial charge is 0.399 e. The van der Waals surface area contributed by atoms with Crippen LogP contribution in [-0.4, -0.2) is 17.3 Å². The molecule has 0 aliphatic carbocycles. The highest BCUT2D eigenvalue weighted by molar-refractivity contribution is 9.11. The Bertz CT molecular complexity index is 860. The van der Waals surface area contributed by atoms with E-state index in [4.69, 9.17) is 28.3 Å². The van der Waals surface area contributed by atoms with Crippen molar-refractivity contribution in [1.29, 1.82) is 0 Å². The van der Waals surface area contributed by atoms with Gasteiger partial charge in [-0.05, 0) is 67.3 Å². The van der Waals surface area contributed by atoms with E-state index in [0.29, 0.717) is 10.0 Å². The molecule has 1 N–H and O–H groups in total. The second-order valence-corrected chi connectivity index (χ2v) is 7.68. The summed E-state index contributed by atoms with van der Waals surface area (Å²) in [6.07, 6.45) is -2.33. The van der Waals surface area contributed by atoms with Crippen molar-refractivity contribution < 1.29 is 23.1 Å². The Morgan fingerprint density at radius 2 is 1.69 bits per heavy atom. The van der Waals surface area contributed by atoms with E-state index in [-0.39, 0.29) is 25.6 Å². The molecule has 138 valence electrons. The number of carboxylic acids is 1. The molecule has 0 saturated carbocycles. The van der Waals surface area contributed by atoms with Gasteiger partial charge < -0.3 is 5.11 Å². The van der Waals surface area contributed by atoms with Gasteiger partial charge in [-0.25, -0.2) is 4.79 Å². The predicted molar refractivity (Wildman–Crippen MR) is 103 cm³/mol. The average Bonchev–Trinajstić information content (AvgIpc) is 2.51. The zero-order valence-corrected chi connectivity index (χ0v) is 17.3. The Labute approximate surface area is 173 Å². The van der Waals surface area contributed by atoms with Crippen LogP contribution in [0.1, 0.15) is 27.4 Å². The van der Waals surface area contributed by atoms with Crippen molar-refractivity contribution in [3.8, 4) is 0 Å². The van der Waals surface area contributed by atoms with Crippen LogP contribution in [0.25, 0.3) is 6.08 Å². The summed E-state index contributed by atoms with van der Waals surface area (Å²) in [5, 5.41) is 9.12. The van der Waals surface area contributed by atoms with Crippen LogP contribution in [0.2, 0.25) is 10.0 Å². The number of aromatic carboxylic acids is 1. The van der Waals surface area contributed by atoms with Gasteiger partial charge in [-0.3, -0.25) is 0 Å². The maximum Gasteiger partial charge on any atom is 0.399 e. The molecule has 2 aromatic rings. The van der Waals surface area contributed by atoms with Gasteiger partial charge in [-0.2, -0.15) is 13.2 Å². The van der Waals surface area contributed by atoms with Crippen LogP contribution in [0.3, 0.4) is 0 Å². The Morgan fingerprint density at radius 3 is 2.15 bits per heavy atom. The van der Waals surface area contributed by atoms with E-state index in [1.54, 1.807) is 0 Å². The first kappa shape index (κ1) is 21.3. The van der Waals surface area contributed by atoms with Gasteiger partial charge in [0.15, 0.2) is 0 Å². The maximum atomic E-state index is 13.5. The fourth-order valence-electron chi connectivity index (χ4n) is 2.18. The number of halogens is 7. The van der Waals surface area contributed by atoms with Gasteiger partial charge in [-0.15, -0.1) is 0 Å². The molecule has 0 saturated heterocycles. The van der Waals surface area contributed by atoms with Crippen molar-refractivity contribution in [2.75, 3.05) is 0 Å². The highest BCUT2D eigenvalue weighted by Crippen LogP contribution is 2.41. The van der Waals surface area contributed by atoms with Crippen LogP contribution < -0.4 is 0 Å². The summed E-state index contributed by atoms with van der Waals surface area (Å²) >= 11 is 18.0. The fourth-order valence-corrected chi connectivity index (χ4v) is 3.48. The number of carboxylic acid groups (broad SMARTS) is 1. The van der Waals surface area contributed by atoms with Crippen LogP contribution in [-0.2, 0) is 0 Å². The van der Waals surface area contributed by atoms with E-state index in [0.717, 1.165) is 6.08 Å². The largest absolute Gasteiger partial charge is 0.478 e. The molecule has 2 nitrogen and oxygen atoms in total. The van der Waals surface area contributed by atoms with E-state index in [2.05, 4.69) is 31.9 Å². The zero-order valence-electron chi connectivity index (χ0n) is 12.6. The normalized spacial score (nSPS) is 13.2. The molecule has 0 radical (unpaired) electrons. The summed E-state index contributed by atoms with van der Waals surface area (Å²) in [7, 11) is 0. The molecule has 0 amide bonds. The van der Waals surface area contributed by atoms with Crippen molar-refractivity contribution in [1.82, 2.24) is 0 Å². The summed E-state index contributed by atoms with van der Waals surface area (Å²) in [4.78, 5) is 11.0. The number of rotatable bonds is 4. The number of allylic oxidation sites excluding steroid dienone is 1. The van der Waals surface area contributed by atoms with Crippen LogP contribution in [0.5, 0.6) is 0 Å². The van der Waals surface area contributed by atoms with Gasteiger partial charge in [0.2, 0.25) is 0 Å². The third-order valence-corrected chi connectivity index (χ3v) is 5.99. The zero-order chi connectivity index (χ0) is 19.6. The van der Waals surface area contributed by atoms with Crippen LogP contribution in [0.15, 0.2) is 45.4 Å². The first-order valence-electron chi connectivity index (χ1n) is 6.93. The van der Waals surface area contributed by atoms with Gasteiger partial charge in [0.25, 0.3) is 0 Å². The fraction of sp³-hybridized carbons (Fsp3) is 0.118. The number of benzene rings is 2. The monoisotopic (exact) mass is 530 g/mol. The summed E-state index contributed by atoms with van der Waals surface area (Å²) in [6.45, 7) is 0. The van der Waals surface area contributed by atoms with Crippen molar-refractivity contribution >= 4 is 67.1 Å². The van der Waals surface area contributed by atoms with Crippen LogP contribution >= 0.6 is 55.1 Å². The number of carbonyl (C=O) groups is 1. The topological polar surface area (TPSA) is 37.3 Å². The molecule has 26 heavy (non-hydrogen) atoms. The molecule has 2 aromatic carbocycles. The summed E-state index contributed by atoms with van der Waals surface area (Å²) in [5.74, 6) is -3.07. The van der Waals surface area contributed by atoms with E-state index in [1.807, 2.05) is 0 Å². The lowest BCUT2D eigenvalue weighted by molar-refractivity contribution is -0.139. The Balaban J connectivity index is 2.42. The third kappa shape index (κ3) is 5.03. The molecule has 2 rings (SSSR count). The molecule has 9 heteroatoms. The Hall–Kier alpha value is -1.02. The SMILES string of the molecule is O=C(O)c1ccc(C=CC(c2cc(Cl)c(Br)c(Cl)c2)C(F)(F)F)cc1Br. The minimum atomic E-state index is -4.56. The van der Waals surface area contributed by atoms with Crippen LogP contribution in [0.4, 0.5) is 13.2 Å². The first-order valence-corrected chi connectivity index (χ1v) is 9.27. The van der Waals surface area contributed by atoms with E-state index >= 15 is 0 Å². The van der Waals surface area contributed by atoms with Gasteiger partial charge in [0.05, 0.1) is 26.0 Å². The third-order valence-electron chi connectivity index (χ3n) is 3.42. The molecule has 1 atom stereocenters. The Kier molecular flexibility index (Phi) is 6.82. The van der Waals surface area contributed by atoms with Crippen molar-refractivity contribution in [2.45, 2.75) is 12.1 Å². The van der Waals surface area contributed by atoms with Crippen molar-refractivity contribution in [2.24, 2.45) is 0 Å². The molecule has 1 unspecified atom stereocenters. The van der Waals surface area contributed by atoms with E-state index < -0.39 is 18.1 Å². The van der Waals surface area contributed by atoms with E-state index in [9.17, 15) is 18.0 Å². The lowest BCUT2D eigenvalue weighted by atomic mass is 9.97. The summed E-state index contributed by atoms with van der Waals surface area (Å²) in [6, 6.07) is 6.55. The average molecular weight is 533 g/mol. The predicted octanol–water partition coefficient (Wildman–Crippen LogP) is 7.58. The Morgan fingerprint density at radius 1 is 1.12 bits per heavy atom. The van der Waals surface area contributed by atoms with Crippen molar-refractivity contribution in [3.63, 3.8) is 0 Å². The molecule has 0 bridgehead atoms. The number of hydrogen-bond acceptors (Lipinski definition) is 1. The number of alkyl halides is 3. The lowest BCUT2D eigenvalue weighted by Gasteiger charge is -2.18. The standard InChI is InChI=1S/C17H9Br2Cl2F3O2/c18-12-5-8(1-3-10(12)16(25)26)2-4-11(17(22,23)24)9-6-13(20)15(19)14(21)7-9/h1-7,11H,(H,25,26). The van der Waals surface area contributed by atoms with Gasteiger partial charge in [-0.1, -0.05) is 41.4 Å². The summed E-state index contributed by atoms with van der Waals surface area (Å²) in [5.41, 5.74) is 0.319. The van der Waals surface area contributed by atoms with Gasteiger partial charge >= 0.3 is 12.1 Å². The van der Waals surface area contributed by atoms with Crippen LogP contribution in [0, 0.1) is 0 Å². The van der Waals surface area contributed by atoms with Crippen molar-refractivity contribution in [3.05, 3.63) is 72.1 Å². The molecule has 0 aliphatic rings. The quantitative estimate of drug-likeness (QED) is 0.412. The number of hydrogen-bond donors (Lipinski definition) is 1. The minimum absolute atomic E-state index is 0.0148. The second-order valence-electron chi connectivity index (χ2n) is 5.22. The highest BCUT2D eigenvalue weighted by Gasteiger charge is 2.39. The highest BCUT2D eigenvalue weighted by atomic mass is 79.9. The molecule has 0 heterocycles.